The van der Waals surface area contributed by atoms with Crippen molar-refractivity contribution >= 4 is 0 Å². The van der Waals surface area contributed by atoms with Crippen LogP contribution in [0.5, 0.6) is 0 Å². The normalized spacial score (nSPS) is 37.5. The summed E-state index contributed by atoms with van der Waals surface area (Å²) in [4.78, 5) is 2.42. The van der Waals surface area contributed by atoms with Gasteiger partial charge in [-0.1, -0.05) is 0 Å². The predicted molar refractivity (Wildman–Crippen MR) is 44.2 cm³/mol. The zero-order valence-corrected chi connectivity index (χ0v) is 7.22. The Morgan fingerprint density at radius 1 is 1.40 bits per heavy atom. The molecular formula is C8H18N2. The summed E-state index contributed by atoms with van der Waals surface area (Å²) in [6, 6.07) is 1.33. The fourth-order valence-electron chi connectivity index (χ4n) is 1.41. The maximum absolute atomic E-state index is 3.48. The summed E-state index contributed by atoms with van der Waals surface area (Å²) < 4.78 is 0. The minimum Gasteiger partial charge on any atom is -0.313 e. The molecule has 1 N–H and O–H groups in total. The summed E-state index contributed by atoms with van der Waals surface area (Å²) in [6.45, 7) is 6.95. The van der Waals surface area contributed by atoms with Gasteiger partial charge in [0.15, 0.2) is 0 Å². The lowest BCUT2D eigenvalue weighted by atomic mass is 10.1. The lowest BCUT2D eigenvalue weighted by molar-refractivity contribution is 0.242. The van der Waals surface area contributed by atoms with E-state index in [2.05, 4.69) is 31.1 Å². The van der Waals surface area contributed by atoms with E-state index in [1.54, 1.807) is 0 Å². The number of nitrogens with zero attached hydrogens (tertiary/aromatic N) is 1. The molecule has 1 heterocycles. The van der Waals surface area contributed by atoms with Gasteiger partial charge in [0.2, 0.25) is 0 Å². The zero-order valence-electron chi connectivity index (χ0n) is 7.22. The van der Waals surface area contributed by atoms with Gasteiger partial charge in [-0.25, -0.2) is 0 Å². The first kappa shape index (κ1) is 8.02. The van der Waals surface area contributed by atoms with Crippen molar-refractivity contribution in [3.63, 3.8) is 0 Å². The smallest absolute Gasteiger partial charge is 0.0215 e. The number of likely N-dealkylation sites (N-methyl/N-ethyl adjacent to an activating group) is 1. The summed E-state index contributed by atoms with van der Waals surface area (Å²) in [7, 11) is 2.20. The van der Waals surface area contributed by atoms with E-state index in [-0.39, 0.29) is 0 Å². The van der Waals surface area contributed by atoms with E-state index in [1.165, 1.54) is 19.5 Å². The standard InChI is InChI=1S/C8H18N2/c1-7-8(2)10(3)6-4-5-9-7/h7-9H,4-6H2,1-3H3. The Morgan fingerprint density at radius 2 is 2.10 bits per heavy atom. The predicted octanol–water partition coefficient (Wildman–Crippen LogP) is 0.689. The number of nitrogens with one attached hydrogen (secondary N) is 1. The summed E-state index contributed by atoms with van der Waals surface area (Å²) in [5.41, 5.74) is 0. The zero-order chi connectivity index (χ0) is 7.56. The van der Waals surface area contributed by atoms with E-state index in [0.29, 0.717) is 12.1 Å². The minimum atomic E-state index is 0.646. The molecule has 2 heteroatoms. The van der Waals surface area contributed by atoms with Crippen LogP contribution in [0.15, 0.2) is 0 Å². The van der Waals surface area contributed by atoms with Crippen LogP contribution in [0.4, 0.5) is 0 Å². The van der Waals surface area contributed by atoms with Crippen molar-refractivity contribution in [3.05, 3.63) is 0 Å². The van der Waals surface area contributed by atoms with Gasteiger partial charge < -0.3 is 10.2 Å². The lowest BCUT2D eigenvalue weighted by Crippen LogP contribution is -2.41. The number of hydrogen-bond acceptors (Lipinski definition) is 2. The fraction of sp³-hybridized carbons (Fsp3) is 1.00. The van der Waals surface area contributed by atoms with Gasteiger partial charge in [-0.3, -0.25) is 0 Å². The molecule has 0 radical (unpaired) electrons. The molecule has 2 nitrogen and oxygen atoms in total. The molecule has 1 fully saturated rings. The molecule has 0 aromatic rings. The topological polar surface area (TPSA) is 15.3 Å². The van der Waals surface area contributed by atoms with E-state index in [1.807, 2.05) is 0 Å². The Bertz CT molecular complexity index is 91.4. The van der Waals surface area contributed by atoms with E-state index in [9.17, 15) is 0 Å². The van der Waals surface area contributed by atoms with Crippen molar-refractivity contribution < 1.29 is 0 Å². The Labute approximate surface area is 63.6 Å². The first-order valence-electron chi connectivity index (χ1n) is 4.15. The molecule has 1 aliphatic heterocycles. The molecule has 0 saturated carbocycles. The van der Waals surface area contributed by atoms with Crippen molar-refractivity contribution in [2.45, 2.75) is 32.4 Å². The van der Waals surface area contributed by atoms with Crippen LogP contribution >= 0.6 is 0 Å². The van der Waals surface area contributed by atoms with Gasteiger partial charge in [-0.15, -0.1) is 0 Å². The van der Waals surface area contributed by atoms with Crippen LogP contribution in [0.25, 0.3) is 0 Å². The molecule has 2 atom stereocenters. The molecule has 60 valence electrons. The Hall–Kier alpha value is -0.0800. The van der Waals surface area contributed by atoms with E-state index >= 15 is 0 Å². The number of hydrogen-bond donors (Lipinski definition) is 1. The second-order valence-corrected chi connectivity index (χ2v) is 3.32. The van der Waals surface area contributed by atoms with Crippen LogP contribution in [0.2, 0.25) is 0 Å². The second kappa shape index (κ2) is 3.35. The second-order valence-electron chi connectivity index (χ2n) is 3.32. The van der Waals surface area contributed by atoms with Crippen LogP contribution in [-0.4, -0.2) is 37.1 Å². The van der Waals surface area contributed by atoms with Gasteiger partial charge in [0, 0.05) is 12.1 Å². The van der Waals surface area contributed by atoms with Crippen molar-refractivity contribution in [2.75, 3.05) is 20.1 Å². The Balaban J connectivity index is 2.46. The third-order valence-electron chi connectivity index (χ3n) is 2.57. The van der Waals surface area contributed by atoms with Crippen LogP contribution in [-0.2, 0) is 0 Å². The molecule has 2 unspecified atom stereocenters. The van der Waals surface area contributed by atoms with Gasteiger partial charge in [-0.05, 0) is 40.4 Å². The SMILES string of the molecule is CC1NCCCN(C)C1C. The average molecular weight is 142 g/mol. The molecule has 0 aromatic heterocycles. The molecule has 0 spiro atoms. The molecule has 10 heavy (non-hydrogen) atoms. The summed E-state index contributed by atoms with van der Waals surface area (Å²) in [5, 5.41) is 3.48. The number of rotatable bonds is 0. The van der Waals surface area contributed by atoms with Gasteiger partial charge in [-0.2, -0.15) is 0 Å². The molecule has 0 bridgehead atoms. The van der Waals surface area contributed by atoms with Crippen LogP contribution in [0.3, 0.4) is 0 Å². The van der Waals surface area contributed by atoms with Crippen molar-refractivity contribution in [1.29, 1.82) is 0 Å². The quantitative estimate of drug-likeness (QED) is 0.535. The van der Waals surface area contributed by atoms with Crippen LogP contribution in [0.1, 0.15) is 20.3 Å². The Morgan fingerprint density at radius 3 is 2.80 bits per heavy atom. The molecule has 1 aliphatic rings. The molecule has 0 amide bonds. The van der Waals surface area contributed by atoms with Gasteiger partial charge in [0.1, 0.15) is 0 Å². The van der Waals surface area contributed by atoms with Crippen molar-refractivity contribution in [3.8, 4) is 0 Å². The molecule has 1 rings (SSSR count). The van der Waals surface area contributed by atoms with Gasteiger partial charge in [0.25, 0.3) is 0 Å². The van der Waals surface area contributed by atoms with E-state index in [4.69, 9.17) is 0 Å². The van der Waals surface area contributed by atoms with Crippen molar-refractivity contribution in [1.82, 2.24) is 10.2 Å². The first-order chi connectivity index (χ1) is 4.72. The largest absolute Gasteiger partial charge is 0.313 e. The summed E-state index contributed by atoms with van der Waals surface area (Å²) in [6.07, 6.45) is 1.28. The lowest BCUT2D eigenvalue weighted by Gasteiger charge is -2.26. The third kappa shape index (κ3) is 1.70. The monoisotopic (exact) mass is 142 g/mol. The molecule has 0 aromatic carbocycles. The van der Waals surface area contributed by atoms with Crippen LogP contribution < -0.4 is 5.32 Å². The highest BCUT2D eigenvalue weighted by Crippen LogP contribution is 2.05. The highest BCUT2D eigenvalue weighted by atomic mass is 15.2. The maximum atomic E-state index is 3.48. The Kier molecular flexibility index (Phi) is 2.69. The third-order valence-corrected chi connectivity index (χ3v) is 2.57. The molecule has 1 saturated heterocycles. The van der Waals surface area contributed by atoms with Crippen molar-refractivity contribution in [2.24, 2.45) is 0 Å². The fourth-order valence-corrected chi connectivity index (χ4v) is 1.41. The van der Waals surface area contributed by atoms with Gasteiger partial charge >= 0.3 is 0 Å². The molecular weight excluding hydrogens is 124 g/mol. The highest BCUT2D eigenvalue weighted by molar-refractivity contribution is 4.78. The maximum Gasteiger partial charge on any atom is 0.0215 e. The van der Waals surface area contributed by atoms with E-state index < -0.39 is 0 Å². The van der Waals surface area contributed by atoms with E-state index in [0.717, 1.165) is 0 Å². The highest BCUT2D eigenvalue weighted by Gasteiger charge is 2.18. The minimum absolute atomic E-state index is 0.646. The van der Waals surface area contributed by atoms with Crippen LogP contribution in [0, 0.1) is 0 Å². The molecule has 0 aliphatic carbocycles. The van der Waals surface area contributed by atoms with Gasteiger partial charge in [0.05, 0.1) is 0 Å². The first-order valence-corrected chi connectivity index (χ1v) is 4.15. The summed E-state index contributed by atoms with van der Waals surface area (Å²) >= 11 is 0. The average Bonchev–Trinajstić information content (AvgIpc) is 2.04. The summed E-state index contributed by atoms with van der Waals surface area (Å²) in [5.74, 6) is 0.